The Morgan fingerprint density at radius 1 is 1.25 bits per heavy atom. The summed E-state index contributed by atoms with van der Waals surface area (Å²) in [5, 5.41) is 0. The molecule has 1 aliphatic heterocycles. The van der Waals surface area contributed by atoms with Crippen LogP contribution in [-0.2, 0) is 19.1 Å². The van der Waals surface area contributed by atoms with Crippen molar-refractivity contribution in [1.29, 1.82) is 0 Å². The summed E-state index contributed by atoms with van der Waals surface area (Å²) in [7, 11) is 0. The van der Waals surface area contributed by atoms with Gasteiger partial charge in [-0.2, -0.15) is 0 Å². The van der Waals surface area contributed by atoms with E-state index in [1.807, 2.05) is 0 Å². The molecule has 1 fully saturated rings. The van der Waals surface area contributed by atoms with Crippen molar-refractivity contribution in [2.45, 2.75) is 18.9 Å². The Labute approximate surface area is 69.8 Å². The van der Waals surface area contributed by atoms with Crippen LogP contribution in [0.1, 0.15) is 12.8 Å². The fraction of sp³-hybridized carbons (Fsp3) is 0.714. The summed E-state index contributed by atoms with van der Waals surface area (Å²) in [6.07, 6.45) is 0.434. The van der Waals surface area contributed by atoms with E-state index >= 15 is 0 Å². The number of cyclic esters (lactones) is 2. The van der Waals surface area contributed by atoms with E-state index in [0.717, 1.165) is 0 Å². The van der Waals surface area contributed by atoms with Crippen LogP contribution in [0.25, 0.3) is 0 Å². The first-order valence-corrected chi connectivity index (χ1v) is 3.78. The topological polar surface area (TPSA) is 78.6 Å². The molecule has 1 rings (SSSR count). The fourth-order valence-electron chi connectivity index (χ4n) is 0.832. The lowest BCUT2D eigenvalue weighted by atomic mass is 10.2. The van der Waals surface area contributed by atoms with Crippen LogP contribution >= 0.6 is 0 Å². The molecule has 0 unspecified atom stereocenters. The van der Waals surface area contributed by atoms with E-state index < -0.39 is 12.0 Å². The van der Waals surface area contributed by atoms with Crippen LogP contribution in [-0.4, -0.2) is 31.2 Å². The number of rotatable bonds is 0. The molecule has 0 saturated carbocycles. The lowest BCUT2D eigenvalue weighted by molar-refractivity contribution is -0.146. The van der Waals surface area contributed by atoms with Gasteiger partial charge in [0.05, 0.1) is 13.0 Å². The van der Waals surface area contributed by atoms with E-state index in [4.69, 9.17) is 10.5 Å². The van der Waals surface area contributed by atoms with Gasteiger partial charge in [0.25, 0.3) is 0 Å². The predicted octanol–water partition coefficient (Wildman–Crippen LogP) is -0.806. The first-order valence-electron chi connectivity index (χ1n) is 3.78. The van der Waals surface area contributed by atoms with Crippen molar-refractivity contribution in [3.8, 4) is 0 Å². The van der Waals surface area contributed by atoms with E-state index in [1.54, 1.807) is 0 Å². The molecule has 12 heavy (non-hydrogen) atoms. The highest BCUT2D eigenvalue weighted by Crippen LogP contribution is 1.99. The summed E-state index contributed by atoms with van der Waals surface area (Å²) >= 11 is 0. The number of nitrogens with two attached hydrogens (primary N) is 1. The van der Waals surface area contributed by atoms with Gasteiger partial charge in [-0.15, -0.1) is 0 Å². The van der Waals surface area contributed by atoms with E-state index in [9.17, 15) is 9.59 Å². The highest BCUT2D eigenvalue weighted by atomic mass is 16.6. The summed E-state index contributed by atoms with van der Waals surface area (Å²) in [4.78, 5) is 21.7. The van der Waals surface area contributed by atoms with Gasteiger partial charge in [0.15, 0.2) is 0 Å². The Morgan fingerprint density at radius 3 is 2.75 bits per heavy atom. The zero-order valence-corrected chi connectivity index (χ0v) is 6.62. The van der Waals surface area contributed by atoms with Crippen LogP contribution in [0.5, 0.6) is 0 Å². The largest absolute Gasteiger partial charge is 0.466 e. The lowest BCUT2D eigenvalue weighted by Gasteiger charge is -2.06. The molecule has 1 saturated heterocycles. The molecular weight excluding hydrogens is 162 g/mol. The van der Waals surface area contributed by atoms with E-state index in [0.29, 0.717) is 6.42 Å². The number of carbonyl (C=O) groups is 2. The first kappa shape index (κ1) is 8.99. The van der Waals surface area contributed by atoms with E-state index in [2.05, 4.69) is 4.74 Å². The molecule has 0 aromatic heterocycles. The molecule has 5 heteroatoms. The third-order valence-electron chi connectivity index (χ3n) is 1.55. The molecule has 0 amide bonds. The summed E-state index contributed by atoms with van der Waals surface area (Å²) < 4.78 is 9.41. The summed E-state index contributed by atoms with van der Waals surface area (Å²) in [6, 6.07) is -0.670. The number of esters is 2. The Hall–Kier alpha value is -1.10. The molecule has 0 radical (unpaired) electrons. The SMILES string of the molecule is N[C@H]1CCOC(=O)CCOC1=O. The second kappa shape index (κ2) is 4.06. The molecule has 2 N–H and O–H groups in total. The van der Waals surface area contributed by atoms with E-state index in [1.165, 1.54) is 0 Å². The van der Waals surface area contributed by atoms with Gasteiger partial charge in [-0.3, -0.25) is 9.59 Å². The third-order valence-corrected chi connectivity index (χ3v) is 1.55. The van der Waals surface area contributed by atoms with Gasteiger partial charge in [-0.05, 0) is 0 Å². The Balaban J connectivity index is 2.47. The molecule has 0 bridgehead atoms. The maximum absolute atomic E-state index is 10.9. The molecule has 0 spiro atoms. The first-order chi connectivity index (χ1) is 5.70. The van der Waals surface area contributed by atoms with Crippen molar-refractivity contribution >= 4 is 11.9 Å². The zero-order chi connectivity index (χ0) is 8.97. The van der Waals surface area contributed by atoms with Crippen LogP contribution in [0.2, 0.25) is 0 Å². The van der Waals surface area contributed by atoms with Crippen LogP contribution in [0, 0.1) is 0 Å². The number of carbonyl (C=O) groups excluding carboxylic acids is 2. The van der Waals surface area contributed by atoms with Gasteiger partial charge in [-0.1, -0.05) is 0 Å². The van der Waals surface area contributed by atoms with Crippen molar-refractivity contribution < 1.29 is 19.1 Å². The third kappa shape index (κ3) is 2.50. The minimum atomic E-state index is -0.670. The van der Waals surface area contributed by atoms with Gasteiger partial charge in [-0.25, -0.2) is 0 Å². The van der Waals surface area contributed by atoms with Crippen LogP contribution in [0.15, 0.2) is 0 Å². The summed E-state index contributed by atoms with van der Waals surface area (Å²) in [5.74, 6) is -0.815. The molecule has 1 atom stereocenters. The van der Waals surface area contributed by atoms with Gasteiger partial charge >= 0.3 is 11.9 Å². The van der Waals surface area contributed by atoms with E-state index in [-0.39, 0.29) is 25.6 Å². The maximum Gasteiger partial charge on any atom is 0.323 e. The quantitative estimate of drug-likeness (QED) is 0.485. The Kier molecular flexibility index (Phi) is 3.04. The molecule has 1 heterocycles. The van der Waals surface area contributed by atoms with Crippen molar-refractivity contribution in [3.63, 3.8) is 0 Å². The van der Waals surface area contributed by atoms with Crippen molar-refractivity contribution in [1.82, 2.24) is 0 Å². The molecule has 1 aliphatic rings. The van der Waals surface area contributed by atoms with Crippen LogP contribution in [0.4, 0.5) is 0 Å². The van der Waals surface area contributed by atoms with Gasteiger partial charge in [0, 0.05) is 6.42 Å². The smallest absolute Gasteiger partial charge is 0.323 e. The van der Waals surface area contributed by atoms with Crippen molar-refractivity contribution in [3.05, 3.63) is 0 Å². The van der Waals surface area contributed by atoms with Crippen LogP contribution < -0.4 is 5.73 Å². The van der Waals surface area contributed by atoms with Crippen molar-refractivity contribution in [2.24, 2.45) is 5.73 Å². The fourth-order valence-corrected chi connectivity index (χ4v) is 0.832. The molecule has 68 valence electrons. The van der Waals surface area contributed by atoms with Crippen LogP contribution in [0.3, 0.4) is 0 Å². The minimum Gasteiger partial charge on any atom is -0.466 e. The molecule has 0 aromatic carbocycles. The number of ether oxygens (including phenoxy) is 2. The Bertz CT molecular complexity index is 192. The second-order valence-electron chi connectivity index (χ2n) is 2.53. The summed E-state index contributed by atoms with van der Waals surface area (Å²) in [5.41, 5.74) is 5.40. The van der Waals surface area contributed by atoms with Gasteiger partial charge in [0.1, 0.15) is 12.6 Å². The average molecular weight is 173 g/mol. The standard InChI is InChI=1S/C7H11NO4/c8-5-1-3-11-6(9)2-4-12-7(5)10/h5H,1-4,8H2/t5-/m0/s1. The summed E-state index contributed by atoms with van der Waals surface area (Å²) in [6.45, 7) is 0.250. The molecule has 5 nitrogen and oxygen atoms in total. The van der Waals surface area contributed by atoms with Gasteiger partial charge < -0.3 is 15.2 Å². The average Bonchev–Trinajstić information content (AvgIpc) is 2.08. The molecular formula is C7H11NO4. The number of hydrogen-bond acceptors (Lipinski definition) is 5. The lowest BCUT2D eigenvalue weighted by Crippen LogP contribution is -2.32. The maximum atomic E-state index is 10.9. The highest BCUT2D eigenvalue weighted by molar-refractivity contribution is 5.76. The normalized spacial score (nSPS) is 26.2. The predicted molar refractivity (Wildman–Crippen MR) is 39.1 cm³/mol. The Morgan fingerprint density at radius 2 is 2.00 bits per heavy atom. The van der Waals surface area contributed by atoms with Crippen molar-refractivity contribution in [2.75, 3.05) is 13.2 Å². The highest BCUT2D eigenvalue weighted by Gasteiger charge is 2.18. The zero-order valence-electron chi connectivity index (χ0n) is 6.62. The minimum absolute atomic E-state index is 0.0609. The number of hydrogen-bond donors (Lipinski definition) is 1. The monoisotopic (exact) mass is 173 g/mol. The second-order valence-corrected chi connectivity index (χ2v) is 2.53. The van der Waals surface area contributed by atoms with Gasteiger partial charge in [0.2, 0.25) is 0 Å². The molecule has 0 aliphatic carbocycles. The molecule has 0 aromatic rings.